The van der Waals surface area contributed by atoms with Gasteiger partial charge in [0.25, 0.3) is 0 Å². The topological polar surface area (TPSA) is 28.2 Å². The predicted octanol–water partition coefficient (Wildman–Crippen LogP) is 3.77. The van der Waals surface area contributed by atoms with Gasteiger partial charge in [-0.3, -0.25) is 4.98 Å². The molecule has 0 amide bonds. The number of nitrogens with zero attached hydrogens (tertiary/aromatic N) is 2. The largest absolute Gasteiger partial charge is 0.370 e. The zero-order chi connectivity index (χ0) is 14.6. The molecular formula is C17H29N3. The molecule has 3 heteroatoms. The van der Waals surface area contributed by atoms with E-state index in [1.165, 1.54) is 18.5 Å². The molecule has 1 aromatic heterocycles. The first kappa shape index (κ1) is 15.3. The van der Waals surface area contributed by atoms with Crippen molar-refractivity contribution in [3.8, 4) is 0 Å². The maximum Gasteiger partial charge on any atom is 0.0572 e. The second-order valence-corrected chi connectivity index (χ2v) is 6.77. The van der Waals surface area contributed by atoms with Crippen LogP contribution in [0.5, 0.6) is 0 Å². The van der Waals surface area contributed by atoms with Gasteiger partial charge in [-0.25, -0.2) is 0 Å². The van der Waals surface area contributed by atoms with Crippen LogP contribution in [0.1, 0.15) is 58.7 Å². The first-order chi connectivity index (χ1) is 9.52. The van der Waals surface area contributed by atoms with Crippen molar-refractivity contribution in [2.24, 2.45) is 5.41 Å². The lowest BCUT2D eigenvalue weighted by atomic mass is 9.82. The van der Waals surface area contributed by atoms with Gasteiger partial charge >= 0.3 is 0 Å². The molecule has 0 radical (unpaired) electrons. The Morgan fingerprint density at radius 3 is 2.55 bits per heavy atom. The van der Waals surface area contributed by atoms with E-state index in [2.05, 4.69) is 55.0 Å². The van der Waals surface area contributed by atoms with Crippen LogP contribution in [-0.2, 0) is 0 Å². The highest BCUT2D eigenvalue weighted by Crippen LogP contribution is 2.32. The Kier molecular flexibility index (Phi) is 5.03. The average molecular weight is 275 g/mol. The molecule has 0 aliphatic carbocycles. The Bertz CT molecular complexity index is 401. The molecule has 112 valence electrons. The number of aromatic nitrogens is 1. The maximum absolute atomic E-state index is 4.64. The van der Waals surface area contributed by atoms with Gasteiger partial charge in [-0.15, -0.1) is 0 Å². The SMILES string of the molecule is CCCNC(C)c1ccc(N2CCC(C)(C)CC2)cn1. The van der Waals surface area contributed by atoms with E-state index < -0.39 is 0 Å². The van der Waals surface area contributed by atoms with Crippen LogP contribution < -0.4 is 10.2 Å². The molecule has 0 bridgehead atoms. The lowest BCUT2D eigenvalue weighted by Crippen LogP contribution is -2.37. The van der Waals surface area contributed by atoms with Crippen LogP contribution in [0.2, 0.25) is 0 Å². The maximum atomic E-state index is 4.64. The molecule has 1 aliphatic heterocycles. The molecule has 1 N–H and O–H groups in total. The minimum Gasteiger partial charge on any atom is -0.370 e. The first-order valence-corrected chi connectivity index (χ1v) is 7.96. The molecule has 3 nitrogen and oxygen atoms in total. The third-order valence-corrected chi connectivity index (χ3v) is 4.40. The van der Waals surface area contributed by atoms with Crippen LogP contribution in [0.25, 0.3) is 0 Å². The molecule has 1 atom stereocenters. The third kappa shape index (κ3) is 3.95. The summed E-state index contributed by atoms with van der Waals surface area (Å²) in [6, 6.07) is 4.73. The highest BCUT2D eigenvalue weighted by atomic mass is 15.1. The highest BCUT2D eigenvalue weighted by molar-refractivity contribution is 5.45. The number of nitrogens with one attached hydrogen (secondary N) is 1. The van der Waals surface area contributed by atoms with E-state index in [0.29, 0.717) is 11.5 Å². The third-order valence-electron chi connectivity index (χ3n) is 4.40. The molecular weight excluding hydrogens is 246 g/mol. The summed E-state index contributed by atoms with van der Waals surface area (Å²) in [6.45, 7) is 12.5. The fourth-order valence-electron chi connectivity index (χ4n) is 2.68. The van der Waals surface area contributed by atoms with E-state index in [0.717, 1.165) is 31.7 Å². The van der Waals surface area contributed by atoms with Crippen molar-refractivity contribution in [3.05, 3.63) is 24.0 Å². The first-order valence-electron chi connectivity index (χ1n) is 7.96. The van der Waals surface area contributed by atoms with Gasteiger partial charge in [0.15, 0.2) is 0 Å². The molecule has 1 fully saturated rings. The summed E-state index contributed by atoms with van der Waals surface area (Å²) in [5.74, 6) is 0. The monoisotopic (exact) mass is 275 g/mol. The standard InChI is InChI=1S/C17H29N3/c1-5-10-18-14(2)16-7-6-15(13-19-16)20-11-8-17(3,4)9-12-20/h6-7,13-14,18H,5,8-12H2,1-4H3. The lowest BCUT2D eigenvalue weighted by molar-refractivity contribution is 0.280. The van der Waals surface area contributed by atoms with Gasteiger partial charge in [0.1, 0.15) is 0 Å². The van der Waals surface area contributed by atoms with Gasteiger partial charge in [-0.05, 0) is 50.3 Å². The summed E-state index contributed by atoms with van der Waals surface area (Å²) in [5, 5.41) is 3.48. The van der Waals surface area contributed by atoms with Crippen LogP contribution >= 0.6 is 0 Å². The van der Waals surface area contributed by atoms with E-state index in [-0.39, 0.29) is 0 Å². The van der Waals surface area contributed by atoms with Crippen molar-refractivity contribution in [2.75, 3.05) is 24.5 Å². The Morgan fingerprint density at radius 2 is 2.00 bits per heavy atom. The number of anilines is 1. The van der Waals surface area contributed by atoms with Gasteiger partial charge in [-0.1, -0.05) is 20.8 Å². The predicted molar refractivity (Wildman–Crippen MR) is 86.2 cm³/mol. The summed E-state index contributed by atoms with van der Waals surface area (Å²) in [4.78, 5) is 7.10. The normalized spacial score (nSPS) is 19.9. The van der Waals surface area contributed by atoms with E-state index in [4.69, 9.17) is 0 Å². The molecule has 1 aromatic rings. The van der Waals surface area contributed by atoms with E-state index in [1.54, 1.807) is 0 Å². The molecule has 1 aliphatic rings. The smallest absolute Gasteiger partial charge is 0.0572 e. The zero-order valence-corrected chi connectivity index (χ0v) is 13.4. The lowest BCUT2D eigenvalue weighted by Gasteiger charge is -2.38. The minimum atomic E-state index is 0.337. The number of pyridine rings is 1. The Hall–Kier alpha value is -1.09. The average Bonchev–Trinajstić information content (AvgIpc) is 2.45. The molecule has 1 unspecified atom stereocenters. The van der Waals surface area contributed by atoms with Gasteiger partial charge in [0.05, 0.1) is 17.6 Å². The van der Waals surface area contributed by atoms with Crippen molar-refractivity contribution in [3.63, 3.8) is 0 Å². The van der Waals surface area contributed by atoms with Crippen LogP contribution in [0, 0.1) is 5.41 Å². The number of hydrogen-bond acceptors (Lipinski definition) is 3. The molecule has 0 saturated carbocycles. The number of rotatable bonds is 5. The van der Waals surface area contributed by atoms with Crippen molar-refractivity contribution in [1.29, 1.82) is 0 Å². The van der Waals surface area contributed by atoms with Crippen LogP contribution in [0.15, 0.2) is 18.3 Å². The Balaban J connectivity index is 1.95. The zero-order valence-electron chi connectivity index (χ0n) is 13.4. The molecule has 1 saturated heterocycles. The Labute approximate surface area is 123 Å². The van der Waals surface area contributed by atoms with Gasteiger partial charge in [0.2, 0.25) is 0 Å². The summed E-state index contributed by atoms with van der Waals surface area (Å²) in [6.07, 6.45) is 5.73. The van der Waals surface area contributed by atoms with Crippen molar-refractivity contribution in [2.45, 2.75) is 53.0 Å². The number of piperidine rings is 1. The summed E-state index contributed by atoms with van der Waals surface area (Å²) in [7, 11) is 0. The van der Waals surface area contributed by atoms with Gasteiger partial charge < -0.3 is 10.2 Å². The molecule has 0 spiro atoms. The summed E-state index contributed by atoms with van der Waals surface area (Å²) >= 11 is 0. The fourth-order valence-corrected chi connectivity index (χ4v) is 2.68. The summed E-state index contributed by atoms with van der Waals surface area (Å²) < 4.78 is 0. The minimum absolute atomic E-state index is 0.337. The molecule has 20 heavy (non-hydrogen) atoms. The number of hydrogen-bond donors (Lipinski definition) is 1. The molecule has 0 aromatic carbocycles. The fraction of sp³-hybridized carbons (Fsp3) is 0.706. The van der Waals surface area contributed by atoms with Crippen molar-refractivity contribution < 1.29 is 0 Å². The molecule has 2 heterocycles. The van der Waals surface area contributed by atoms with Crippen molar-refractivity contribution >= 4 is 5.69 Å². The van der Waals surface area contributed by atoms with E-state index >= 15 is 0 Å². The van der Waals surface area contributed by atoms with Crippen LogP contribution in [0.4, 0.5) is 5.69 Å². The second-order valence-electron chi connectivity index (χ2n) is 6.77. The van der Waals surface area contributed by atoms with E-state index in [1.807, 2.05) is 6.20 Å². The van der Waals surface area contributed by atoms with Gasteiger partial charge in [-0.2, -0.15) is 0 Å². The van der Waals surface area contributed by atoms with Crippen molar-refractivity contribution in [1.82, 2.24) is 10.3 Å². The van der Waals surface area contributed by atoms with Crippen LogP contribution in [-0.4, -0.2) is 24.6 Å². The quantitative estimate of drug-likeness (QED) is 0.886. The molecule has 2 rings (SSSR count). The van der Waals surface area contributed by atoms with Crippen LogP contribution in [0.3, 0.4) is 0 Å². The summed E-state index contributed by atoms with van der Waals surface area (Å²) in [5.41, 5.74) is 2.91. The second kappa shape index (κ2) is 6.57. The highest BCUT2D eigenvalue weighted by Gasteiger charge is 2.25. The van der Waals surface area contributed by atoms with E-state index in [9.17, 15) is 0 Å². The van der Waals surface area contributed by atoms with Gasteiger partial charge in [0, 0.05) is 19.1 Å². The Morgan fingerprint density at radius 1 is 1.30 bits per heavy atom.